The van der Waals surface area contributed by atoms with Gasteiger partial charge in [-0.05, 0) is 24.8 Å². The molecule has 1 saturated heterocycles. The molecule has 0 N–H and O–H groups in total. The first kappa shape index (κ1) is 13.5. The minimum Gasteiger partial charge on any atom is -0.496 e. The van der Waals surface area contributed by atoms with Crippen LogP contribution in [-0.4, -0.2) is 19.7 Å². The van der Waals surface area contributed by atoms with Crippen LogP contribution in [0.25, 0.3) is 0 Å². The van der Waals surface area contributed by atoms with Gasteiger partial charge in [-0.2, -0.15) is 0 Å². The summed E-state index contributed by atoms with van der Waals surface area (Å²) in [4.78, 5) is 11.8. The van der Waals surface area contributed by atoms with Crippen LogP contribution in [0.15, 0.2) is 24.3 Å². The van der Waals surface area contributed by atoms with Gasteiger partial charge in [-0.1, -0.05) is 37.5 Å². The van der Waals surface area contributed by atoms with E-state index in [0.29, 0.717) is 18.9 Å². The second-order valence-corrected chi connectivity index (χ2v) is 6.03. The maximum atomic E-state index is 11.8. The van der Waals surface area contributed by atoms with Crippen molar-refractivity contribution in [1.29, 1.82) is 0 Å². The minimum atomic E-state index is -0.176. The smallest absolute Gasteiger partial charge is 0.306 e. The van der Waals surface area contributed by atoms with Crippen molar-refractivity contribution in [3.05, 3.63) is 29.8 Å². The molecule has 20 heavy (non-hydrogen) atoms. The third-order valence-electron chi connectivity index (χ3n) is 4.98. The van der Waals surface area contributed by atoms with Crippen molar-refractivity contribution < 1.29 is 14.3 Å². The highest BCUT2D eigenvalue weighted by atomic mass is 16.5. The monoisotopic (exact) mass is 274 g/mol. The van der Waals surface area contributed by atoms with Crippen molar-refractivity contribution in [2.75, 3.05) is 13.7 Å². The van der Waals surface area contributed by atoms with Crippen LogP contribution in [0, 0.1) is 5.92 Å². The highest BCUT2D eigenvalue weighted by molar-refractivity contribution is 5.75. The SMILES string of the molecule is COc1ccccc1[C@@]1(C2CCCCC2)COC(=O)C1. The summed E-state index contributed by atoms with van der Waals surface area (Å²) in [5.41, 5.74) is 0.977. The third-order valence-corrected chi connectivity index (χ3v) is 4.98. The molecule has 1 heterocycles. The third kappa shape index (κ3) is 2.19. The van der Waals surface area contributed by atoms with Gasteiger partial charge >= 0.3 is 5.97 Å². The van der Waals surface area contributed by atoms with E-state index in [1.165, 1.54) is 32.1 Å². The Balaban J connectivity index is 2.03. The Morgan fingerprint density at radius 1 is 1.20 bits per heavy atom. The number of rotatable bonds is 3. The fraction of sp³-hybridized carbons (Fsp3) is 0.588. The highest BCUT2D eigenvalue weighted by Gasteiger charge is 2.49. The fourth-order valence-electron chi connectivity index (χ4n) is 3.94. The Morgan fingerprint density at radius 2 is 1.95 bits per heavy atom. The number of esters is 1. The number of carbonyl (C=O) groups excluding carboxylic acids is 1. The molecule has 3 rings (SSSR count). The number of benzene rings is 1. The number of para-hydroxylation sites is 1. The highest BCUT2D eigenvalue weighted by Crippen LogP contribution is 2.49. The summed E-state index contributed by atoms with van der Waals surface area (Å²) < 4.78 is 10.9. The van der Waals surface area contributed by atoms with Crippen LogP contribution < -0.4 is 4.74 Å². The zero-order valence-corrected chi connectivity index (χ0v) is 12.1. The van der Waals surface area contributed by atoms with E-state index < -0.39 is 0 Å². The van der Waals surface area contributed by atoms with Crippen LogP contribution in [0.4, 0.5) is 0 Å². The van der Waals surface area contributed by atoms with Crippen LogP contribution in [-0.2, 0) is 14.9 Å². The summed E-state index contributed by atoms with van der Waals surface area (Å²) in [6, 6.07) is 8.11. The first-order valence-electron chi connectivity index (χ1n) is 7.55. The molecular weight excluding hydrogens is 252 g/mol. The molecule has 3 nitrogen and oxygen atoms in total. The molecule has 2 fully saturated rings. The summed E-state index contributed by atoms with van der Waals surface area (Å²) >= 11 is 0. The Kier molecular flexibility index (Phi) is 3.68. The van der Waals surface area contributed by atoms with E-state index in [1.807, 2.05) is 18.2 Å². The average Bonchev–Trinajstić information content (AvgIpc) is 2.91. The maximum Gasteiger partial charge on any atom is 0.306 e. The Morgan fingerprint density at radius 3 is 2.60 bits per heavy atom. The number of hydrogen-bond donors (Lipinski definition) is 0. The second kappa shape index (κ2) is 5.47. The van der Waals surface area contributed by atoms with Gasteiger partial charge in [-0.25, -0.2) is 0 Å². The molecule has 0 spiro atoms. The molecule has 0 aromatic heterocycles. The van der Waals surface area contributed by atoms with Gasteiger partial charge < -0.3 is 9.47 Å². The zero-order valence-electron chi connectivity index (χ0n) is 12.1. The van der Waals surface area contributed by atoms with Crippen LogP contribution >= 0.6 is 0 Å². The van der Waals surface area contributed by atoms with E-state index in [0.717, 1.165) is 11.3 Å². The average molecular weight is 274 g/mol. The van der Waals surface area contributed by atoms with E-state index in [2.05, 4.69) is 6.07 Å². The normalized spacial score (nSPS) is 27.4. The lowest BCUT2D eigenvalue weighted by atomic mass is 9.64. The molecule has 0 unspecified atom stereocenters. The molecular formula is C17H22O3. The van der Waals surface area contributed by atoms with Gasteiger partial charge in [0.2, 0.25) is 0 Å². The van der Waals surface area contributed by atoms with Gasteiger partial charge in [-0.15, -0.1) is 0 Å². The summed E-state index contributed by atoms with van der Waals surface area (Å²) in [7, 11) is 1.70. The van der Waals surface area contributed by atoms with E-state index in [9.17, 15) is 4.79 Å². The lowest BCUT2D eigenvalue weighted by Crippen LogP contribution is -2.37. The molecule has 1 saturated carbocycles. The number of ether oxygens (including phenoxy) is 2. The molecule has 0 bridgehead atoms. The second-order valence-electron chi connectivity index (χ2n) is 6.03. The standard InChI is InChI=1S/C17H22O3/c1-19-15-10-6-5-9-14(15)17(11-16(18)20-12-17)13-7-3-2-4-8-13/h5-6,9-10,13H,2-4,7-8,11-12H2,1H3/t17-/m1/s1. The molecule has 3 heteroatoms. The van der Waals surface area contributed by atoms with E-state index >= 15 is 0 Å². The van der Waals surface area contributed by atoms with Crippen LogP contribution in [0.2, 0.25) is 0 Å². The lowest BCUT2D eigenvalue weighted by Gasteiger charge is -2.38. The van der Waals surface area contributed by atoms with Gasteiger partial charge in [0, 0.05) is 11.0 Å². The van der Waals surface area contributed by atoms with Crippen LogP contribution in [0.3, 0.4) is 0 Å². The first-order chi connectivity index (χ1) is 9.76. The minimum absolute atomic E-state index is 0.0681. The van der Waals surface area contributed by atoms with E-state index in [4.69, 9.17) is 9.47 Å². The summed E-state index contributed by atoms with van der Waals surface area (Å²) in [6.07, 6.45) is 6.71. The van der Waals surface area contributed by atoms with Crippen molar-refractivity contribution in [2.45, 2.75) is 43.9 Å². The number of carbonyl (C=O) groups is 1. The largest absolute Gasteiger partial charge is 0.496 e. The van der Waals surface area contributed by atoms with E-state index in [1.54, 1.807) is 7.11 Å². The van der Waals surface area contributed by atoms with Crippen LogP contribution in [0.1, 0.15) is 44.1 Å². The maximum absolute atomic E-state index is 11.8. The van der Waals surface area contributed by atoms with Crippen molar-refractivity contribution in [2.24, 2.45) is 5.92 Å². The summed E-state index contributed by atoms with van der Waals surface area (Å²) in [5.74, 6) is 1.34. The van der Waals surface area contributed by atoms with Crippen molar-refractivity contribution in [3.8, 4) is 5.75 Å². The topological polar surface area (TPSA) is 35.5 Å². The van der Waals surface area contributed by atoms with Crippen LogP contribution in [0.5, 0.6) is 5.75 Å². The van der Waals surface area contributed by atoms with Crippen molar-refractivity contribution in [3.63, 3.8) is 0 Å². The molecule has 0 radical (unpaired) electrons. The van der Waals surface area contributed by atoms with Gasteiger partial charge in [-0.3, -0.25) is 4.79 Å². The predicted molar refractivity (Wildman–Crippen MR) is 76.8 cm³/mol. The Labute approximate surface area is 120 Å². The zero-order chi connectivity index (χ0) is 14.0. The molecule has 1 aliphatic heterocycles. The molecule has 108 valence electrons. The Bertz CT molecular complexity index is 491. The first-order valence-corrected chi connectivity index (χ1v) is 7.55. The number of cyclic esters (lactones) is 1. The molecule has 1 atom stereocenters. The van der Waals surface area contributed by atoms with Crippen molar-refractivity contribution in [1.82, 2.24) is 0 Å². The van der Waals surface area contributed by atoms with Gasteiger partial charge in [0.05, 0.1) is 13.5 Å². The molecule has 0 amide bonds. The predicted octanol–water partition coefficient (Wildman–Crippen LogP) is 3.46. The lowest BCUT2D eigenvalue weighted by molar-refractivity contribution is -0.137. The van der Waals surface area contributed by atoms with E-state index in [-0.39, 0.29) is 11.4 Å². The molecule has 2 aliphatic rings. The molecule has 1 aromatic carbocycles. The van der Waals surface area contributed by atoms with Gasteiger partial charge in [0.1, 0.15) is 12.4 Å². The quantitative estimate of drug-likeness (QED) is 0.792. The van der Waals surface area contributed by atoms with Crippen molar-refractivity contribution >= 4 is 5.97 Å². The number of methoxy groups -OCH3 is 1. The molecule has 1 aromatic rings. The molecule has 1 aliphatic carbocycles. The Hall–Kier alpha value is -1.51. The summed E-state index contributed by atoms with van der Waals surface area (Å²) in [5, 5.41) is 0. The van der Waals surface area contributed by atoms with Gasteiger partial charge in [0.25, 0.3) is 0 Å². The summed E-state index contributed by atoms with van der Waals surface area (Å²) in [6.45, 7) is 0.511. The van der Waals surface area contributed by atoms with Gasteiger partial charge in [0.15, 0.2) is 0 Å². The fourth-order valence-corrected chi connectivity index (χ4v) is 3.94. The number of hydrogen-bond acceptors (Lipinski definition) is 3.